The van der Waals surface area contributed by atoms with Gasteiger partial charge in [0, 0.05) is 0 Å². The Morgan fingerprint density at radius 2 is 1.85 bits per heavy atom. The summed E-state index contributed by atoms with van der Waals surface area (Å²) >= 11 is 1.36. The predicted molar refractivity (Wildman–Crippen MR) is 104 cm³/mol. The van der Waals surface area contributed by atoms with Gasteiger partial charge in [-0.1, -0.05) is 0 Å². The molecule has 0 bridgehead atoms. The molecule has 1 aliphatic rings. The minimum atomic E-state index is 0.731. The molecule has 0 radical (unpaired) electrons. The summed E-state index contributed by atoms with van der Waals surface area (Å²) in [5.41, 5.74) is 4.19. The van der Waals surface area contributed by atoms with E-state index in [2.05, 4.69) is 58.9 Å². The Bertz CT molecular complexity index is 962. The third-order valence-electron chi connectivity index (χ3n) is 4.62. The first-order valence-electron chi connectivity index (χ1n) is 8.94. The molecule has 0 aliphatic carbocycles. The number of nitrogens with one attached hydrogen (secondary N) is 2. The van der Waals surface area contributed by atoms with E-state index in [0.717, 1.165) is 64.6 Å². The first kappa shape index (κ1) is 18.3. The summed E-state index contributed by atoms with van der Waals surface area (Å²) in [5.74, 6) is 1.70. The van der Waals surface area contributed by atoms with Gasteiger partial charge < -0.3 is 4.74 Å². The van der Waals surface area contributed by atoms with Crippen molar-refractivity contribution in [2.45, 2.75) is 6.92 Å². The Hall–Kier alpha value is -2.08. The van der Waals surface area contributed by atoms with Gasteiger partial charge >= 0.3 is 164 Å². The van der Waals surface area contributed by atoms with Crippen LogP contribution in [-0.2, 0) is 24.1 Å². The van der Waals surface area contributed by atoms with E-state index in [1.54, 1.807) is 0 Å². The molecule has 0 spiro atoms. The van der Waals surface area contributed by atoms with Gasteiger partial charge in [-0.3, -0.25) is 0 Å². The van der Waals surface area contributed by atoms with Crippen molar-refractivity contribution >= 4 is 21.2 Å². The minimum absolute atomic E-state index is 0.731. The van der Waals surface area contributed by atoms with Crippen molar-refractivity contribution in [3.05, 3.63) is 42.1 Å². The van der Waals surface area contributed by atoms with Gasteiger partial charge in [0.05, 0.1) is 0 Å². The summed E-state index contributed by atoms with van der Waals surface area (Å²) in [6.07, 6.45) is 0. The number of hydrogen-bond donors (Lipinski definition) is 2. The maximum atomic E-state index is 5.50. The number of aromatic nitrogens is 3. The summed E-state index contributed by atoms with van der Waals surface area (Å²) in [6.45, 7) is 5.23. The molecule has 2 N–H and O–H groups in total. The summed E-state index contributed by atoms with van der Waals surface area (Å²) in [6, 6.07) is 12.4. The van der Waals surface area contributed by atoms with Crippen molar-refractivity contribution in [3.8, 4) is 11.4 Å². The average Bonchev–Trinajstić information content (AvgIpc) is 3.09. The van der Waals surface area contributed by atoms with Crippen molar-refractivity contribution in [2.24, 2.45) is 0 Å². The van der Waals surface area contributed by atoms with E-state index in [9.17, 15) is 0 Å². The van der Waals surface area contributed by atoms with Crippen LogP contribution in [0.4, 0.5) is 11.5 Å². The molecule has 0 amide bonds. The molecule has 1 fully saturated rings. The second-order valence-corrected chi connectivity index (χ2v) is 7.88. The van der Waals surface area contributed by atoms with Gasteiger partial charge in [-0.25, -0.2) is 0 Å². The van der Waals surface area contributed by atoms with Gasteiger partial charge in [0.1, 0.15) is 0 Å². The molecular formula is C19H22N6OW. The molecular weight excluding hydrogens is 512 g/mol. The molecule has 8 heteroatoms. The van der Waals surface area contributed by atoms with Gasteiger partial charge in [0.15, 0.2) is 0 Å². The van der Waals surface area contributed by atoms with Crippen LogP contribution in [0.3, 0.4) is 0 Å². The fraction of sp³-hybridized carbons (Fsp3) is 0.316. The summed E-state index contributed by atoms with van der Waals surface area (Å²) in [4.78, 5) is 7.20. The fourth-order valence-electron chi connectivity index (χ4n) is 3.13. The molecule has 1 aromatic carbocycles. The molecule has 3 aromatic rings. The fourth-order valence-corrected chi connectivity index (χ4v) is 3.56. The van der Waals surface area contributed by atoms with Crippen molar-refractivity contribution in [1.29, 1.82) is 0 Å². The number of nitrogens with zero attached hydrogens (tertiary/aromatic N) is 4. The molecule has 27 heavy (non-hydrogen) atoms. The van der Waals surface area contributed by atoms with Crippen LogP contribution in [0.1, 0.15) is 5.69 Å². The summed E-state index contributed by atoms with van der Waals surface area (Å²) < 4.78 is 8.57. The predicted octanol–water partition coefficient (Wildman–Crippen LogP) is 1.81. The van der Waals surface area contributed by atoms with Crippen LogP contribution in [0, 0.1) is 6.92 Å². The molecule has 0 atom stereocenters. The first-order valence-corrected chi connectivity index (χ1v) is 10.4. The number of anilines is 2. The van der Waals surface area contributed by atoms with E-state index in [0.29, 0.717) is 0 Å². The molecule has 1 saturated heterocycles. The van der Waals surface area contributed by atoms with E-state index in [1.807, 2.05) is 11.6 Å². The van der Waals surface area contributed by atoms with Crippen LogP contribution in [0.2, 0.25) is 0 Å². The van der Waals surface area contributed by atoms with E-state index >= 15 is 0 Å². The number of morpholine rings is 1. The molecule has 140 valence electrons. The number of fused-ring (bicyclic) bond motifs is 1. The number of ether oxygens (including phenoxy) is 1. The standard InChI is InChI=1S/C19H22N6O.W/c1-14-3-8-17-19(24-9-11-26-12-10-24)22-18(23-25(14)17)15-4-6-16(7-5-15)21-13-20-2;/h3-8,20-21H,9-12H2,1-2H3;. The van der Waals surface area contributed by atoms with Crippen LogP contribution in [-0.4, -0.2) is 52.1 Å². The molecule has 1 aliphatic heterocycles. The van der Waals surface area contributed by atoms with E-state index in [4.69, 9.17) is 14.8 Å². The van der Waals surface area contributed by atoms with Crippen molar-refractivity contribution < 1.29 is 24.1 Å². The van der Waals surface area contributed by atoms with Crippen molar-refractivity contribution in [2.75, 3.05) is 43.6 Å². The zero-order valence-electron chi connectivity index (χ0n) is 15.4. The number of benzene rings is 1. The summed E-state index contributed by atoms with van der Waals surface area (Å²) in [5, 5.41) is 11.2. The van der Waals surface area contributed by atoms with Crippen LogP contribution in [0.5, 0.6) is 0 Å². The number of hydrogen-bond acceptors (Lipinski definition) is 6. The molecule has 7 nitrogen and oxygen atoms in total. The topological polar surface area (TPSA) is 66.7 Å². The zero-order valence-corrected chi connectivity index (χ0v) is 18.3. The van der Waals surface area contributed by atoms with Gasteiger partial charge in [0.2, 0.25) is 0 Å². The van der Waals surface area contributed by atoms with E-state index < -0.39 is 0 Å². The van der Waals surface area contributed by atoms with Crippen molar-refractivity contribution in [1.82, 2.24) is 19.9 Å². The van der Waals surface area contributed by atoms with Crippen LogP contribution in [0.25, 0.3) is 16.9 Å². The van der Waals surface area contributed by atoms with Crippen LogP contribution < -0.4 is 15.5 Å². The quantitative estimate of drug-likeness (QED) is 0.521. The van der Waals surface area contributed by atoms with Crippen LogP contribution >= 0.6 is 0 Å². The molecule has 0 saturated carbocycles. The maximum absolute atomic E-state index is 5.50. The Balaban J connectivity index is 1.73. The van der Waals surface area contributed by atoms with Gasteiger partial charge in [-0.2, -0.15) is 0 Å². The molecule has 4 rings (SSSR count). The normalized spacial score (nSPS) is 14.5. The molecule has 0 unspecified atom stereocenters. The Morgan fingerprint density at radius 3 is 2.56 bits per heavy atom. The molecule has 3 heterocycles. The van der Waals surface area contributed by atoms with Gasteiger partial charge in [-0.15, -0.1) is 0 Å². The second-order valence-electron chi connectivity index (χ2n) is 6.41. The monoisotopic (exact) mass is 534 g/mol. The Kier molecular flexibility index (Phi) is 5.34. The van der Waals surface area contributed by atoms with Crippen molar-refractivity contribution in [3.63, 3.8) is 0 Å². The first-order chi connectivity index (χ1) is 13.2. The second kappa shape index (κ2) is 7.88. The van der Waals surface area contributed by atoms with Gasteiger partial charge in [-0.05, 0) is 0 Å². The number of rotatable bonds is 5. The number of aryl methyl sites for hydroxylation is 1. The SMILES string of the molecule is CN[C](=[W])Nc1ccc(-c2nc(N3CCOCC3)c3ccc(C)n3n2)cc1. The van der Waals surface area contributed by atoms with E-state index in [-0.39, 0.29) is 0 Å². The summed E-state index contributed by atoms with van der Waals surface area (Å²) in [7, 11) is 1.92. The molecule has 2 aromatic heterocycles. The third-order valence-corrected chi connectivity index (χ3v) is 5.72. The van der Waals surface area contributed by atoms with Crippen LogP contribution in [0.15, 0.2) is 36.4 Å². The van der Waals surface area contributed by atoms with E-state index in [1.165, 1.54) is 19.4 Å². The Labute approximate surface area is 169 Å². The van der Waals surface area contributed by atoms with Gasteiger partial charge in [0.25, 0.3) is 0 Å². The Morgan fingerprint density at radius 1 is 1.11 bits per heavy atom. The third kappa shape index (κ3) is 3.81. The average molecular weight is 534 g/mol. The zero-order chi connectivity index (χ0) is 18.8.